The van der Waals surface area contributed by atoms with Crippen LogP contribution in [0.2, 0.25) is 0 Å². The molecular formula is C18H18FN5OS. The van der Waals surface area contributed by atoms with Crippen LogP contribution in [0.15, 0.2) is 42.6 Å². The van der Waals surface area contributed by atoms with Crippen molar-refractivity contribution < 1.29 is 9.18 Å². The van der Waals surface area contributed by atoms with Crippen molar-refractivity contribution >= 4 is 28.2 Å². The van der Waals surface area contributed by atoms with E-state index >= 15 is 0 Å². The lowest BCUT2D eigenvalue weighted by Crippen LogP contribution is -2.16. The van der Waals surface area contributed by atoms with Crippen molar-refractivity contribution in [1.82, 2.24) is 15.2 Å². The minimum Gasteiger partial charge on any atom is -0.360 e. The van der Waals surface area contributed by atoms with Crippen LogP contribution in [0.3, 0.4) is 0 Å². The van der Waals surface area contributed by atoms with Crippen molar-refractivity contribution in [1.29, 1.82) is 0 Å². The van der Waals surface area contributed by atoms with E-state index in [0.717, 1.165) is 16.1 Å². The van der Waals surface area contributed by atoms with Gasteiger partial charge in [0.15, 0.2) is 0 Å². The molecule has 3 rings (SSSR count). The van der Waals surface area contributed by atoms with Crippen molar-refractivity contribution in [2.45, 2.75) is 19.8 Å². The van der Waals surface area contributed by atoms with E-state index in [-0.39, 0.29) is 11.7 Å². The van der Waals surface area contributed by atoms with Gasteiger partial charge in [-0.15, -0.1) is 10.2 Å². The maximum Gasteiger partial charge on any atom is 0.227 e. The summed E-state index contributed by atoms with van der Waals surface area (Å²) in [6.07, 6.45) is 2.60. The number of halogens is 1. The summed E-state index contributed by atoms with van der Waals surface area (Å²) in [6.45, 7) is 2.39. The molecule has 0 saturated carbocycles. The van der Waals surface area contributed by atoms with Gasteiger partial charge in [-0.05, 0) is 36.2 Å². The summed E-state index contributed by atoms with van der Waals surface area (Å²) in [5, 5.41) is 15.5. The van der Waals surface area contributed by atoms with E-state index in [4.69, 9.17) is 0 Å². The molecule has 1 amide bonds. The van der Waals surface area contributed by atoms with Gasteiger partial charge in [0.1, 0.15) is 16.6 Å². The molecule has 2 heterocycles. The first-order valence-corrected chi connectivity index (χ1v) is 8.93. The van der Waals surface area contributed by atoms with E-state index in [1.54, 1.807) is 24.4 Å². The third kappa shape index (κ3) is 5.32. The lowest BCUT2D eigenvalue weighted by atomic mass is 10.2. The van der Waals surface area contributed by atoms with Crippen LogP contribution in [0.1, 0.15) is 22.6 Å². The Balaban J connectivity index is 1.43. The lowest BCUT2D eigenvalue weighted by Gasteiger charge is -2.05. The Morgan fingerprint density at radius 2 is 1.96 bits per heavy atom. The molecule has 0 unspecified atom stereocenters. The zero-order chi connectivity index (χ0) is 18.4. The van der Waals surface area contributed by atoms with Crippen molar-refractivity contribution in [2.75, 3.05) is 17.2 Å². The highest BCUT2D eigenvalue weighted by Crippen LogP contribution is 2.18. The Hall–Kier alpha value is -2.87. The fourth-order valence-electron chi connectivity index (χ4n) is 2.20. The first kappa shape index (κ1) is 17.9. The van der Waals surface area contributed by atoms with E-state index in [1.165, 1.54) is 23.5 Å². The second kappa shape index (κ2) is 8.48. The summed E-state index contributed by atoms with van der Waals surface area (Å²) in [5.74, 6) is 0.162. The maximum absolute atomic E-state index is 12.9. The monoisotopic (exact) mass is 371 g/mol. The van der Waals surface area contributed by atoms with Crippen LogP contribution in [-0.2, 0) is 11.2 Å². The predicted octanol–water partition coefficient (Wildman–Crippen LogP) is 3.41. The molecule has 8 heteroatoms. The van der Waals surface area contributed by atoms with Crippen molar-refractivity contribution in [3.63, 3.8) is 0 Å². The summed E-state index contributed by atoms with van der Waals surface area (Å²) in [4.78, 5) is 16.0. The summed E-state index contributed by atoms with van der Waals surface area (Å²) < 4.78 is 12.9. The van der Waals surface area contributed by atoms with Crippen molar-refractivity contribution in [3.8, 4) is 0 Å². The van der Waals surface area contributed by atoms with Gasteiger partial charge in [-0.3, -0.25) is 4.79 Å². The molecule has 0 aliphatic heterocycles. The first-order chi connectivity index (χ1) is 12.6. The van der Waals surface area contributed by atoms with E-state index in [0.29, 0.717) is 30.3 Å². The Bertz CT molecular complexity index is 864. The Morgan fingerprint density at radius 1 is 1.15 bits per heavy atom. The predicted molar refractivity (Wildman–Crippen MR) is 99.8 cm³/mol. The number of pyridine rings is 1. The maximum atomic E-state index is 12.9. The number of nitrogens with one attached hydrogen (secondary N) is 2. The number of carbonyl (C=O) groups excluding carboxylic acids is 1. The molecule has 0 aliphatic rings. The summed E-state index contributed by atoms with van der Waals surface area (Å²) in [7, 11) is 0. The number of anilines is 2. The third-order valence-corrected chi connectivity index (χ3v) is 4.42. The van der Waals surface area contributed by atoms with Gasteiger partial charge in [0.2, 0.25) is 11.0 Å². The number of aryl methyl sites for hydroxylation is 1. The van der Waals surface area contributed by atoms with E-state index in [2.05, 4.69) is 25.8 Å². The zero-order valence-corrected chi connectivity index (χ0v) is 15.0. The fourth-order valence-corrected chi connectivity index (χ4v) is 3.00. The average molecular weight is 371 g/mol. The topological polar surface area (TPSA) is 79.8 Å². The lowest BCUT2D eigenvalue weighted by molar-refractivity contribution is -0.116. The number of rotatable bonds is 7. The Kier molecular flexibility index (Phi) is 5.85. The SMILES string of the molecule is Cc1ccc(NC(=O)CCNc2nnc(Cc3ccc(F)cc3)s2)nc1. The third-order valence-electron chi connectivity index (χ3n) is 3.54. The van der Waals surface area contributed by atoms with Crippen LogP contribution in [-0.4, -0.2) is 27.6 Å². The summed E-state index contributed by atoms with van der Waals surface area (Å²) >= 11 is 1.42. The quantitative estimate of drug-likeness (QED) is 0.665. The summed E-state index contributed by atoms with van der Waals surface area (Å²) in [6, 6.07) is 9.98. The Labute approximate surface area is 154 Å². The van der Waals surface area contributed by atoms with Gasteiger partial charge in [-0.2, -0.15) is 0 Å². The largest absolute Gasteiger partial charge is 0.360 e. The van der Waals surface area contributed by atoms with E-state index < -0.39 is 0 Å². The second-order valence-corrected chi connectivity index (χ2v) is 6.81. The van der Waals surface area contributed by atoms with Gasteiger partial charge >= 0.3 is 0 Å². The molecule has 0 spiro atoms. The van der Waals surface area contributed by atoms with Crippen molar-refractivity contribution in [2.24, 2.45) is 0 Å². The molecule has 0 fully saturated rings. The van der Waals surface area contributed by atoms with Gasteiger partial charge < -0.3 is 10.6 Å². The highest BCUT2D eigenvalue weighted by molar-refractivity contribution is 7.15. The van der Waals surface area contributed by atoms with Crippen molar-refractivity contribution in [3.05, 3.63) is 64.5 Å². The van der Waals surface area contributed by atoms with E-state index in [9.17, 15) is 9.18 Å². The molecule has 1 aromatic carbocycles. The van der Waals surface area contributed by atoms with Gasteiger partial charge in [0.25, 0.3) is 0 Å². The standard InChI is InChI=1S/C18H18FN5OS/c1-12-2-7-15(21-11-12)22-16(25)8-9-20-18-24-23-17(26-18)10-13-3-5-14(19)6-4-13/h2-7,11H,8-10H2,1H3,(H,20,24)(H,21,22,25). The van der Waals surface area contributed by atoms with Crippen LogP contribution in [0.25, 0.3) is 0 Å². The number of benzene rings is 1. The van der Waals surface area contributed by atoms with Crippen LogP contribution in [0.4, 0.5) is 15.3 Å². The molecule has 0 atom stereocenters. The van der Waals surface area contributed by atoms with Gasteiger partial charge in [0.05, 0.1) is 0 Å². The molecule has 134 valence electrons. The molecular weight excluding hydrogens is 353 g/mol. The number of hydrogen-bond donors (Lipinski definition) is 2. The number of hydrogen-bond acceptors (Lipinski definition) is 6. The molecule has 2 aromatic heterocycles. The molecule has 6 nitrogen and oxygen atoms in total. The molecule has 2 N–H and O–H groups in total. The summed E-state index contributed by atoms with van der Waals surface area (Å²) in [5.41, 5.74) is 2.01. The molecule has 0 saturated heterocycles. The average Bonchev–Trinajstić information content (AvgIpc) is 3.06. The normalized spacial score (nSPS) is 10.5. The Morgan fingerprint density at radius 3 is 2.69 bits per heavy atom. The molecule has 0 radical (unpaired) electrons. The van der Waals surface area contributed by atoms with Crippen LogP contribution >= 0.6 is 11.3 Å². The zero-order valence-electron chi connectivity index (χ0n) is 14.2. The van der Waals surface area contributed by atoms with Crippen LogP contribution < -0.4 is 10.6 Å². The second-order valence-electron chi connectivity index (χ2n) is 5.75. The first-order valence-electron chi connectivity index (χ1n) is 8.12. The molecule has 0 aliphatic carbocycles. The van der Waals surface area contributed by atoms with Gasteiger partial charge in [-0.1, -0.05) is 29.5 Å². The number of carbonyl (C=O) groups is 1. The smallest absolute Gasteiger partial charge is 0.227 e. The minimum atomic E-state index is -0.257. The fraction of sp³-hybridized carbons (Fsp3) is 0.222. The van der Waals surface area contributed by atoms with E-state index in [1.807, 2.05) is 13.0 Å². The number of nitrogens with zero attached hydrogens (tertiary/aromatic N) is 3. The minimum absolute atomic E-state index is 0.120. The van der Waals surface area contributed by atoms with Gasteiger partial charge in [0, 0.05) is 25.6 Å². The number of amides is 1. The van der Waals surface area contributed by atoms with Crippen LogP contribution in [0.5, 0.6) is 0 Å². The van der Waals surface area contributed by atoms with Crippen LogP contribution in [0, 0.1) is 12.7 Å². The molecule has 26 heavy (non-hydrogen) atoms. The highest BCUT2D eigenvalue weighted by Gasteiger charge is 2.07. The molecule has 3 aromatic rings. The molecule has 0 bridgehead atoms. The highest BCUT2D eigenvalue weighted by atomic mass is 32.1. The van der Waals surface area contributed by atoms with Gasteiger partial charge in [-0.25, -0.2) is 9.37 Å². The number of aromatic nitrogens is 3.